The van der Waals surface area contributed by atoms with Gasteiger partial charge in [0.05, 0.1) is 7.11 Å². The third-order valence-corrected chi connectivity index (χ3v) is 4.43. The molecule has 0 aliphatic carbocycles. The van der Waals surface area contributed by atoms with Crippen LogP contribution in [0.15, 0.2) is 24.3 Å². The van der Waals surface area contributed by atoms with Crippen LogP contribution in [0.25, 0.3) is 0 Å². The molecule has 0 unspecified atom stereocenters. The number of nitrogens with one attached hydrogen (secondary N) is 1. The Hall–Kier alpha value is -1.59. The van der Waals surface area contributed by atoms with Crippen LogP contribution in [0.4, 0.5) is 5.13 Å². The number of esters is 1. The highest BCUT2D eigenvalue weighted by molar-refractivity contribution is 7.18. The summed E-state index contributed by atoms with van der Waals surface area (Å²) < 4.78 is 4.65. The third-order valence-electron chi connectivity index (χ3n) is 3.05. The minimum atomic E-state index is -0.466. The van der Waals surface area contributed by atoms with E-state index >= 15 is 0 Å². The summed E-state index contributed by atoms with van der Waals surface area (Å²) in [5, 5.41) is 3.94. The van der Waals surface area contributed by atoms with E-state index in [-0.39, 0.29) is 5.15 Å². The van der Waals surface area contributed by atoms with Crippen molar-refractivity contribution in [3.05, 3.63) is 45.4 Å². The fraction of sp³-hybridized carbons (Fsp3) is 0.333. The van der Waals surface area contributed by atoms with Gasteiger partial charge in [-0.1, -0.05) is 61.1 Å². The molecule has 0 aliphatic heterocycles. The molecule has 0 fully saturated rings. The number of carbonyl (C=O) groups excluding carboxylic acids is 1. The highest BCUT2D eigenvalue weighted by atomic mass is 35.5. The van der Waals surface area contributed by atoms with Gasteiger partial charge in [-0.3, -0.25) is 0 Å². The SMILES string of the molecule is COC(=O)c1sc(NCc2ccc(C(C)C)cc2)nc1Cl. The minimum absolute atomic E-state index is 0.171. The van der Waals surface area contributed by atoms with Crippen molar-refractivity contribution in [2.24, 2.45) is 0 Å². The number of nitrogens with zero attached hydrogens (tertiary/aromatic N) is 1. The molecule has 1 N–H and O–H groups in total. The van der Waals surface area contributed by atoms with Crippen molar-refractivity contribution in [1.82, 2.24) is 4.98 Å². The quantitative estimate of drug-likeness (QED) is 0.832. The molecular formula is C15H17ClN2O2S. The van der Waals surface area contributed by atoms with Gasteiger partial charge in [0.25, 0.3) is 0 Å². The summed E-state index contributed by atoms with van der Waals surface area (Å²) in [6, 6.07) is 8.41. The number of ether oxygens (including phenoxy) is 1. The van der Waals surface area contributed by atoms with Gasteiger partial charge in [0, 0.05) is 6.54 Å². The smallest absolute Gasteiger partial charge is 0.351 e. The molecule has 0 radical (unpaired) electrons. The summed E-state index contributed by atoms with van der Waals surface area (Å²) in [5.74, 6) is 0.0548. The topological polar surface area (TPSA) is 51.2 Å². The van der Waals surface area contributed by atoms with Gasteiger partial charge in [-0.2, -0.15) is 0 Å². The zero-order chi connectivity index (χ0) is 15.4. The van der Waals surface area contributed by atoms with Crippen molar-refractivity contribution in [3.63, 3.8) is 0 Å². The second-order valence-electron chi connectivity index (χ2n) is 4.88. The molecule has 0 saturated carbocycles. The summed E-state index contributed by atoms with van der Waals surface area (Å²) in [5.41, 5.74) is 2.45. The van der Waals surface area contributed by atoms with Crippen molar-refractivity contribution in [3.8, 4) is 0 Å². The predicted octanol–water partition coefficient (Wildman–Crippen LogP) is 4.32. The Morgan fingerprint density at radius 1 is 1.38 bits per heavy atom. The molecule has 112 valence electrons. The van der Waals surface area contributed by atoms with Crippen molar-refractivity contribution in [2.45, 2.75) is 26.3 Å². The number of thiazole rings is 1. The summed E-state index contributed by atoms with van der Waals surface area (Å²) >= 11 is 7.11. The van der Waals surface area contributed by atoms with Crippen LogP contribution in [0.3, 0.4) is 0 Å². The Bertz CT molecular complexity index is 623. The molecular weight excluding hydrogens is 308 g/mol. The lowest BCUT2D eigenvalue weighted by atomic mass is 10.0. The Kier molecular flexibility index (Phi) is 5.20. The minimum Gasteiger partial charge on any atom is -0.465 e. The van der Waals surface area contributed by atoms with Gasteiger partial charge in [-0.05, 0) is 17.0 Å². The Labute approximate surface area is 133 Å². The first kappa shape index (κ1) is 15.8. The van der Waals surface area contributed by atoms with Crippen LogP contribution >= 0.6 is 22.9 Å². The maximum absolute atomic E-state index is 11.5. The number of methoxy groups -OCH3 is 1. The molecule has 4 nitrogen and oxygen atoms in total. The molecule has 2 rings (SSSR count). The fourth-order valence-electron chi connectivity index (χ4n) is 1.79. The third kappa shape index (κ3) is 3.95. The number of halogens is 1. The molecule has 1 heterocycles. The molecule has 1 aromatic carbocycles. The maximum Gasteiger partial charge on any atom is 0.351 e. The Balaban J connectivity index is 2.01. The number of aromatic nitrogens is 1. The zero-order valence-corrected chi connectivity index (χ0v) is 13.7. The lowest BCUT2D eigenvalue weighted by Gasteiger charge is -2.07. The Morgan fingerprint density at radius 3 is 2.62 bits per heavy atom. The van der Waals surface area contributed by atoms with Crippen molar-refractivity contribution in [2.75, 3.05) is 12.4 Å². The van der Waals surface area contributed by atoms with Gasteiger partial charge < -0.3 is 10.1 Å². The number of hydrogen-bond donors (Lipinski definition) is 1. The second-order valence-corrected chi connectivity index (χ2v) is 6.24. The summed E-state index contributed by atoms with van der Waals surface area (Å²) in [4.78, 5) is 15.9. The molecule has 21 heavy (non-hydrogen) atoms. The highest BCUT2D eigenvalue weighted by Gasteiger charge is 2.17. The second kappa shape index (κ2) is 6.91. The molecule has 0 aliphatic rings. The van der Waals surface area contributed by atoms with Crippen LogP contribution in [-0.4, -0.2) is 18.1 Å². The van der Waals surface area contributed by atoms with Crippen LogP contribution in [-0.2, 0) is 11.3 Å². The van der Waals surface area contributed by atoms with Gasteiger partial charge in [-0.25, -0.2) is 9.78 Å². The van der Waals surface area contributed by atoms with Crippen LogP contribution < -0.4 is 5.32 Å². The van der Waals surface area contributed by atoms with Crippen LogP contribution in [0.5, 0.6) is 0 Å². The predicted molar refractivity (Wildman–Crippen MR) is 86.3 cm³/mol. The van der Waals surface area contributed by atoms with E-state index in [2.05, 4.69) is 53.2 Å². The fourth-order valence-corrected chi connectivity index (χ4v) is 2.89. The number of carbonyl (C=O) groups is 1. The summed E-state index contributed by atoms with van der Waals surface area (Å²) in [7, 11) is 1.32. The normalized spacial score (nSPS) is 10.7. The molecule has 0 amide bonds. The number of anilines is 1. The van der Waals surface area contributed by atoms with Crippen molar-refractivity contribution in [1.29, 1.82) is 0 Å². The molecule has 0 saturated heterocycles. The maximum atomic E-state index is 11.5. The van der Waals surface area contributed by atoms with Gasteiger partial charge in [0.1, 0.15) is 0 Å². The molecule has 2 aromatic rings. The lowest BCUT2D eigenvalue weighted by molar-refractivity contribution is 0.0606. The van der Waals surface area contributed by atoms with Crippen LogP contribution in [0.2, 0.25) is 5.15 Å². The van der Waals surface area contributed by atoms with Gasteiger partial charge in [0.15, 0.2) is 15.2 Å². The van der Waals surface area contributed by atoms with E-state index in [1.807, 2.05) is 0 Å². The average molecular weight is 325 g/mol. The van der Waals surface area contributed by atoms with Crippen LogP contribution in [0.1, 0.15) is 40.6 Å². The first-order chi connectivity index (χ1) is 10.0. The summed E-state index contributed by atoms with van der Waals surface area (Å²) in [6.07, 6.45) is 0. The molecule has 0 atom stereocenters. The molecule has 6 heteroatoms. The van der Waals surface area contributed by atoms with E-state index in [0.29, 0.717) is 22.5 Å². The van der Waals surface area contributed by atoms with Crippen molar-refractivity contribution < 1.29 is 9.53 Å². The largest absolute Gasteiger partial charge is 0.465 e. The number of benzene rings is 1. The van der Waals surface area contributed by atoms with Gasteiger partial charge >= 0.3 is 5.97 Å². The van der Waals surface area contributed by atoms with E-state index in [1.54, 1.807) is 0 Å². The number of rotatable bonds is 5. The Morgan fingerprint density at radius 2 is 2.05 bits per heavy atom. The van der Waals surface area contributed by atoms with E-state index in [1.165, 1.54) is 24.0 Å². The standard InChI is InChI=1S/C15H17ClN2O2S/c1-9(2)11-6-4-10(5-7-11)8-17-15-18-13(16)12(21-15)14(19)20-3/h4-7,9H,8H2,1-3H3,(H,17,18). The highest BCUT2D eigenvalue weighted by Crippen LogP contribution is 2.27. The van der Waals surface area contributed by atoms with Crippen molar-refractivity contribution >= 4 is 34.0 Å². The van der Waals surface area contributed by atoms with E-state index in [9.17, 15) is 4.79 Å². The van der Waals surface area contributed by atoms with Gasteiger partial charge in [0.2, 0.25) is 0 Å². The van der Waals surface area contributed by atoms with E-state index < -0.39 is 5.97 Å². The number of hydrogen-bond acceptors (Lipinski definition) is 5. The van der Waals surface area contributed by atoms with Crippen LogP contribution in [0, 0.1) is 0 Å². The van der Waals surface area contributed by atoms with E-state index in [4.69, 9.17) is 11.6 Å². The monoisotopic (exact) mass is 324 g/mol. The molecule has 0 spiro atoms. The zero-order valence-electron chi connectivity index (χ0n) is 12.1. The van der Waals surface area contributed by atoms with Gasteiger partial charge in [-0.15, -0.1) is 0 Å². The summed E-state index contributed by atoms with van der Waals surface area (Å²) in [6.45, 7) is 4.96. The first-order valence-corrected chi connectivity index (χ1v) is 7.78. The average Bonchev–Trinajstić information content (AvgIpc) is 2.86. The molecule has 0 bridgehead atoms. The van der Waals surface area contributed by atoms with E-state index in [0.717, 1.165) is 5.56 Å². The first-order valence-electron chi connectivity index (χ1n) is 6.58. The molecule has 1 aromatic heterocycles. The lowest BCUT2D eigenvalue weighted by Crippen LogP contribution is -1.99.